The van der Waals surface area contributed by atoms with Crippen LogP contribution in [0.5, 0.6) is 11.8 Å². The standard InChI is InChI=1S/C21H21F6N7O2/c1-10-29-17(36-32-10)16-14-6-5-11(15(14)28)8-33(16)18-30-19(34(31-18)9-20(22,23)24)35-13-4-2-3-12(7-13)21(25,26)27/h2-4,7,11,14-16H,5-6,8-9,28H2,1H3. The highest BCUT2D eigenvalue weighted by molar-refractivity contribution is 5.39. The van der Waals surface area contributed by atoms with Gasteiger partial charge in [0.05, 0.1) is 5.56 Å². The Balaban J connectivity index is 1.53. The molecular formula is C21H21F6N7O2. The number of nitrogens with zero attached hydrogens (tertiary/aromatic N) is 6. The van der Waals surface area contributed by atoms with Crippen molar-refractivity contribution in [2.24, 2.45) is 17.6 Å². The van der Waals surface area contributed by atoms with E-state index in [4.69, 9.17) is 15.0 Å². The van der Waals surface area contributed by atoms with Crippen molar-refractivity contribution in [3.63, 3.8) is 0 Å². The smallest absolute Gasteiger partial charge is 0.416 e. The second-order valence-corrected chi connectivity index (χ2v) is 8.95. The first kappa shape index (κ1) is 24.3. The molecule has 9 nitrogen and oxygen atoms in total. The van der Waals surface area contributed by atoms with Crippen molar-refractivity contribution in [1.82, 2.24) is 24.9 Å². The molecule has 3 aromatic rings. The summed E-state index contributed by atoms with van der Waals surface area (Å²) in [5, 5.41) is 7.84. The van der Waals surface area contributed by atoms with Crippen LogP contribution in [-0.2, 0) is 12.7 Å². The fraction of sp³-hybridized carbons (Fsp3) is 0.524. The maximum Gasteiger partial charge on any atom is 0.416 e. The third-order valence-corrected chi connectivity index (χ3v) is 6.46. The number of halogens is 6. The summed E-state index contributed by atoms with van der Waals surface area (Å²) in [5.41, 5.74) is 5.38. The topological polar surface area (TPSA) is 108 Å². The Morgan fingerprint density at radius 3 is 2.58 bits per heavy atom. The van der Waals surface area contributed by atoms with E-state index in [0.29, 0.717) is 23.1 Å². The number of rotatable bonds is 5. The van der Waals surface area contributed by atoms with Crippen molar-refractivity contribution in [1.29, 1.82) is 0 Å². The summed E-state index contributed by atoms with van der Waals surface area (Å²) in [4.78, 5) is 10.1. The second-order valence-electron chi connectivity index (χ2n) is 8.95. The van der Waals surface area contributed by atoms with Gasteiger partial charge in [0.15, 0.2) is 5.82 Å². The highest BCUT2D eigenvalue weighted by atomic mass is 19.4. The molecule has 0 amide bonds. The number of nitrogens with two attached hydrogens (primary N) is 1. The van der Waals surface area contributed by atoms with Gasteiger partial charge in [-0.05, 0) is 43.9 Å². The number of hydrogen-bond acceptors (Lipinski definition) is 8. The number of benzene rings is 1. The van der Waals surface area contributed by atoms with E-state index < -0.39 is 36.5 Å². The van der Waals surface area contributed by atoms with Crippen LogP contribution in [0.1, 0.15) is 36.2 Å². The Labute approximate surface area is 200 Å². The van der Waals surface area contributed by atoms with Crippen molar-refractivity contribution in [3.8, 4) is 11.8 Å². The number of aryl methyl sites for hydroxylation is 1. The summed E-state index contributed by atoms with van der Waals surface area (Å²) in [5.74, 6) is 0.0788. The molecule has 194 valence electrons. The van der Waals surface area contributed by atoms with Gasteiger partial charge >= 0.3 is 18.4 Å². The highest BCUT2D eigenvalue weighted by Gasteiger charge is 2.50. The molecule has 2 aromatic heterocycles. The molecule has 1 aliphatic carbocycles. The maximum atomic E-state index is 13.3. The van der Waals surface area contributed by atoms with Crippen LogP contribution in [0.3, 0.4) is 0 Å². The van der Waals surface area contributed by atoms with E-state index in [1.54, 1.807) is 11.8 Å². The van der Waals surface area contributed by atoms with Gasteiger partial charge in [-0.1, -0.05) is 11.2 Å². The summed E-state index contributed by atoms with van der Waals surface area (Å²) in [6.07, 6.45) is -7.82. The van der Waals surface area contributed by atoms with E-state index in [-0.39, 0.29) is 35.5 Å². The third kappa shape index (κ3) is 4.70. The number of alkyl halides is 6. The van der Waals surface area contributed by atoms with Crippen LogP contribution in [0.2, 0.25) is 0 Å². The molecule has 2 fully saturated rings. The lowest BCUT2D eigenvalue weighted by molar-refractivity contribution is -0.143. The average molecular weight is 517 g/mol. The van der Waals surface area contributed by atoms with Gasteiger partial charge in [0.2, 0.25) is 11.8 Å². The molecule has 5 rings (SSSR count). The SMILES string of the molecule is Cc1noc(C2C3CCC(CN2c2nc(Oc4cccc(C(F)(F)F)c4)n(CC(F)(F)F)n2)C3N)n1. The normalized spacial score (nSPS) is 24.4. The minimum absolute atomic E-state index is 0.0395. The first-order valence-corrected chi connectivity index (χ1v) is 11.1. The lowest BCUT2D eigenvalue weighted by Gasteiger charge is -2.41. The zero-order valence-electron chi connectivity index (χ0n) is 18.8. The van der Waals surface area contributed by atoms with E-state index in [2.05, 4.69) is 20.2 Å². The largest absolute Gasteiger partial charge is 0.424 e. The van der Waals surface area contributed by atoms with Gasteiger partial charge in [-0.25, -0.2) is 4.68 Å². The molecule has 4 unspecified atom stereocenters. The molecule has 15 heteroatoms. The summed E-state index contributed by atoms with van der Waals surface area (Å²) in [6, 6.07) is 2.40. The monoisotopic (exact) mass is 517 g/mol. The van der Waals surface area contributed by atoms with Gasteiger partial charge < -0.3 is 19.9 Å². The number of hydrogen-bond donors (Lipinski definition) is 1. The minimum atomic E-state index is -4.69. The molecule has 1 saturated carbocycles. The van der Waals surface area contributed by atoms with Crippen molar-refractivity contribution in [3.05, 3.63) is 41.5 Å². The fourth-order valence-corrected chi connectivity index (χ4v) is 4.90. The van der Waals surface area contributed by atoms with Crippen LogP contribution < -0.4 is 15.4 Å². The summed E-state index contributed by atoms with van der Waals surface area (Å²) in [7, 11) is 0. The number of aromatic nitrogens is 5. The molecule has 2 bridgehead atoms. The Morgan fingerprint density at radius 2 is 1.92 bits per heavy atom. The molecule has 36 heavy (non-hydrogen) atoms. The molecule has 1 saturated heterocycles. The molecule has 4 atom stereocenters. The number of fused-ring (bicyclic) bond motifs is 2. The second kappa shape index (κ2) is 8.64. The minimum Gasteiger partial charge on any atom is -0.424 e. The van der Waals surface area contributed by atoms with Gasteiger partial charge in [-0.2, -0.15) is 36.3 Å². The van der Waals surface area contributed by atoms with E-state index in [0.717, 1.165) is 25.0 Å². The molecule has 0 radical (unpaired) electrons. The van der Waals surface area contributed by atoms with E-state index in [1.807, 2.05) is 0 Å². The van der Waals surface area contributed by atoms with Crippen molar-refractivity contribution in [2.45, 2.75) is 50.7 Å². The van der Waals surface area contributed by atoms with E-state index in [1.165, 1.54) is 6.07 Å². The number of ether oxygens (including phenoxy) is 1. The Bertz CT molecular complexity index is 1240. The molecule has 1 aromatic carbocycles. The third-order valence-electron chi connectivity index (χ3n) is 6.46. The highest BCUT2D eigenvalue weighted by Crippen LogP contribution is 2.47. The van der Waals surface area contributed by atoms with Crippen LogP contribution in [-0.4, -0.2) is 43.7 Å². The van der Waals surface area contributed by atoms with E-state index >= 15 is 0 Å². The molecular weight excluding hydrogens is 496 g/mol. The van der Waals surface area contributed by atoms with Gasteiger partial charge in [-0.3, -0.25) is 0 Å². The predicted octanol–water partition coefficient (Wildman–Crippen LogP) is 4.26. The van der Waals surface area contributed by atoms with Crippen LogP contribution in [0.25, 0.3) is 0 Å². The van der Waals surface area contributed by atoms with Crippen LogP contribution in [0, 0.1) is 18.8 Å². The predicted molar refractivity (Wildman–Crippen MR) is 111 cm³/mol. The quantitative estimate of drug-likeness (QED) is 0.501. The van der Waals surface area contributed by atoms with Gasteiger partial charge in [0.25, 0.3) is 0 Å². The lowest BCUT2D eigenvalue weighted by Crippen LogP contribution is -2.51. The van der Waals surface area contributed by atoms with Crippen molar-refractivity contribution in [2.75, 3.05) is 11.4 Å². The molecule has 2 N–H and O–H groups in total. The summed E-state index contributed by atoms with van der Waals surface area (Å²) in [6.45, 7) is 0.399. The van der Waals surface area contributed by atoms with Gasteiger partial charge in [-0.15, -0.1) is 5.10 Å². The first-order chi connectivity index (χ1) is 16.9. The molecule has 3 heterocycles. The fourth-order valence-electron chi connectivity index (χ4n) is 4.90. The number of piperidine rings is 1. The molecule has 1 aliphatic heterocycles. The van der Waals surface area contributed by atoms with Crippen molar-refractivity contribution < 1.29 is 35.6 Å². The van der Waals surface area contributed by atoms with Crippen molar-refractivity contribution >= 4 is 5.95 Å². The van der Waals surface area contributed by atoms with Gasteiger partial charge in [0, 0.05) is 18.5 Å². The number of anilines is 1. The Hall–Kier alpha value is -3.36. The molecule has 0 spiro atoms. The van der Waals surface area contributed by atoms with E-state index in [9.17, 15) is 26.3 Å². The lowest BCUT2D eigenvalue weighted by atomic mass is 9.86. The Kier molecular flexibility index (Phi) is 5.84. The van der Waals surface area contributed by atoms with Crippen LogP contribution in [0.4, 0.5) is 32.3 Å². The first-order valence-electron chi connectivity index (χ1n) is 11.1. The zero-order chi connectivity index (χ0) is 25.8. The average Bonchev–Trinajstić information content (AvgIpc) is 3.43. The molecule has 2 aliphatic rings. The van der Waals surface area contributed by atoms with Crippen LogP contribution in [0.15, 0.2) is 28.8 Å². The van der Waals surface area contributed by atoms with Gasteiger partial charge in [0.1, 0.15) is 18.3 Å². The zero-order valence-corrected chi connectivity index (χ0v) is 18.8. The maximum absolute atomic E-state index is 13.3. The summed E-state index contributed by atoms with van der Waals surface area (Å²) >= 11 is 0. The Morgan fingerprint density at radius 1 is 1.14 bits per heavy atom. The summed E-state index contributed by atoms with van der Waals surface area (Å²) < 4.78 is 90.4. The van der Waals surface area contributed by atoms with Crippen LogP contribution >= 0.6 is 0 Å².